The molecule has 13 heteroatoms. The van der Waals surface area contributed by atoms with Crippen LogP contribution in [-0.2, 0) is 10.3 Å². The highest BCUT2D eigenvalue weighted by Gasteiger charge is 2.42. The largest absolute Gasteiger partial charge is 0.491 e. The zero-order chi connectivity index (χ0) is 31.0. The van der Waals surface area contributed by atoms with E-state index in [1.54, 1.807) is 30.2 Å². The molecule has 13 nitrogen and oxygen atoms in total. The first-order valence-electron chi connectivity index (χ1n) is 14.9. The Morgan fingerprint density at radius 1 is 0.956 bits per heavy atom. The van der Waals surface area contributed by atoms with Crippen molar-refractivity contribution in [1.82, 2.24) is 34.3 Å². The molecule has 0 spiro atoms. The summed E-state index contributed by atoms with van der Waals surface area (Å²) >= 11 is 0. The molecule has 1 fully saturated rings. The molecule has 2 aromatic carbocycles. The van der Waals surface area contributed by atoms with E-state index in [2.05, 4.69) is 32.0 Å². The van der Waals surface area contributed by atoms with Crippen molar-refractivity contribution in [3.63, 3.8) is 0 Å². The van der Waals surface area contributed by atoms with Crippen LogP contribution in [0.25, 0.3) is 28.3 Å². The van der Waals surface area contributed by atoms with Crippen LogP contribution >= 0.6 is 0 Å². The van der Waals surface area contributed by atoms with E-state index in [4.69, 9.17) is 29.7 Å². The van der Waals surface area contributed by atoms with Gasteiger partial charge in [-0.15, -0.1) is 5.10 Å². The number of methoxy groups -OCH3 is 1. The van der Waals surface area contributed by atoms with Gasteiger partial charge in [-0.1, -0.05) is 30.3 Å². The third-order valence-corrected chi connectivity index (χ3v) is 8.48. The van der Waals surface area contributed by atoms with Gasteiger partial charge in [0.05, 0.1) is 18.3 Å². The van der Waals surface area contributed by atoms with E-state index in [1.165, 1.54) is 4.52 Å². The van der Waals surface area contributed by atoms with E-state index in [9.17, 15) is 5.11 Å². The standard InChI is InChI=1S/C32H35N9O4/c1-32(22-7-4-3-5-8-22,30(42)39-16-14-38(15-17-39)23-10-12-24(13-11-23)44-20-19-43-2)40-21-25-27(36-40)35-31(33)41-29(25)34-28(37-41)26-9-6-18-45-26/h3-13,18,21,30,42H,14-17,19-20H2,1-2H3,(H2,33,35,36). The first kappa shape index (κ1) is 28.8. The summed E-state index contributed by atoms with van der Waals surface area (Å²) in [5.41, 5.74) is 8.24. The highest BCUT2D eigenvalue weighted by molar-refractivity contribution is 5.90. The smallest absolute Gasteiger partial charge is 0.225 e. The van der Waals surface area contributed by atoms with E-state index in [0.29, 0.717) is 54.6 Å². The second-order valence-electron chi connectivity index (χ2n) is 11.2. The van der Waals surface area contributed by atoms with Crippen molar-refractivity contribution in [1.29, 1.82) is 0 Å². The van der Waals surface area contributed by atoms with Crippen LogP contribution in [0.5, 0.6) is 5.75 Å². The predicted molar refractivity (Wildman–Crippen MR) is 169 cm³/mol. The number of hydrogen-bond acceptors (Lipinski definition) is 11. The number of anilines is 2. The molecule has 7 rings (SSSR count). The number of nitrogens with zero attached hydrogens (tertiary/aromatic N) is 8. The Labute approximate surface area is 259 Å². The fraction of sp³-hybridized carbons (Fsp3) is 0.312. The zero-order valence-electron chi connectivity index (χ0n) is 25.2. The summed E-state index contributed by atoms with van der Waals surface area (Å²) in [5, 5.41) is 22.2. The SMILES string of the molecule is COCCOc1ccc(N2CCN(C(O)C(C)(c3ccccc3)n3cc4c(nc(N)n5nc(-c6ccco6)nc45)n3)CC2)cc1. The maximum absolute atomic E-state index is 12.1. The number of aromatic nitrogens is 6. The fourth-order valence-electron chi connectivity index (χ4n) is 5.91. The molecule has 3 N–H and O–H groups in total. The molecule has 6 aromatic rings. The van der Waals surface area contributed by atoms with Gasteiger partial charge < -0.3 is 29.6 Å². The van der Waals surface area contributed by atoms with Crippen molar-refractivity contribution >= 4 is 28.3 Å². The number of aliphatic hydroxyl groups is 1. The molecular weight excluding hydrogens is 574 g/mol. The fourth-order valence-corrected chi connectivity index (χ4v) is 5.91. The van der Waals surface area contributed by atoms with Gasteiger partial charge in [0.2, 0.25) is 11.8 Å². The van der Waals surface area contributed by atoms with Gasteiger partial charge in [0.15, 0.2) is 17.1 Å². The van der Waals surface area contributed by atoms with Gasteiger partial charge in [-0.05, 0) is 48.9 Å². The number of piperazine rings is 1. The van der Waals surface area contributed by atoms with E-state index < -0.39 is 11.8 Å². The van der Waals surface area contributed by atoms with Crippen molar-refractivity contribution in [2.24, 2.45) is 0 Å². The van der Waals surface area contributed by atoms with Crippen LogP contribution in [0.4, 0.5) is 11.6 Å². The average molecular weight is 610 g/mol. The number of nitrogen functional groups attached to an aromatic ring is 1. The topological polar surface area (TPSA) is 145 Å². The van der Waals surface area contributed by atoms with Crippen LogP contribution in [0.15, 0.2) is 83.6 Å². The number of fused-ring (bicyclic) bond motifs is 3. The summed E-state index contributed by atoms with van der Waals surface area (Å²) in [6, 6.07) is 21.6. The van der Waals surface area contributed by atoms with Gasteiger partial charge in [0, 0.05) is 45.2 Å². The highest BCUT2D eigenvalue weighted by atomic mass is 16.5. The number of hydrogen-bond donors (Lipinski definition) is 2. The molecule has 0 bridgehead atoms. The summed E-state index contributed by atoms with van der Waals surface area (Å²) in [6.45, 7) is 5.86. The minimum atomic E-state index is -0.971. The molecule has 232 valence electrons. The van der Waals surface area contributed by atoms with Crippen molar-refractivity contribution in [3.05, 3.63) is 84.8 Å². The molecule has 1 saturated heterocycles. The molecule has 2 unspecified atom stereocenters. The molecule has 5 heterocycles. The van der Waals surface area contributed by atoms with E-state index in [0.717, 1.165) is 30.1 Å². The van der Waals surface area contributed by atoms with Gasteiger partial charge in [-0.3, -0.25) is 9.58 Å². The Bertz CT molecular complexity index is 1880. The van der Waals surface area contributed by atoms with E-state index >= 15 is 0 Å². The summed E-state index contributed by atoms with van der Waals surface area (Å²) in [5.74, 6) is 1.88. The van der Waals surface area contributed by atoms with Gasteiger partial charge >= 0.3 is 0 Å². The molecular formula is C32H35N9O4. The van der Waals surface area contributed by atoms with Gasteiger partial charge in [-0.2, -0.15) is 14.6 Å². The number of rotatable bonds is 10. The normalized spacial score (nSPS) is 16.3. The summed E-state index contributed by atoms with van der Waals surface area (Å²) < 4.78 is 19.5. The number of benzene rings is 2. The van der Waals surface area contributed by atoms with Gasteiger partial charge in [0.1, 0.15) is 24.1 Å². The lowest BCUT2D eigenvalue weighted by Gasteiger charge is -2.45. The monoisotopic (exact) mass is 609 g/mol. The molecule has 1 aliphatic heterocycles. The van der Waals surface area contributed by atoms with Crippen molar-refractivity contribution in [3.8, 4) is 17.3 Å². The molecule has 45 heavy (non-hydrogen) atoms. The number of ether oxygens (including phenoxy) is 2. The first-order chi connectivity index (χ1) is 22.0. The lowest BCUT2D eigenvalue weighted by Crippen LogP contribution is -2.58. The zero-order valence-corrected chi connectivity index (χ0v) is 25.2. The molecule has 0 aliphatic carbocycles. The van der Waals surface area contributed by atoms with Gasteiger partial charge in [0.25, 0.3) is 0 Å². The number of furan rings is 1. The minimum absolute atomic E-state index is 0.153. The quantitative estimate of drug-likeness (QED) is 0.221. The summed E-state index contributed by atoms with van der Waals surface area (Å²) in [7, 11) is 1.66. The summed E-state index contributed by atoms with van der Waals surface area (Å²) in [6.07, 6.45) is 2.53. The van der Waals surface area contributed by atoms with Crippen molar-refractivity contribution in [2.75, 3.05) is 57.1 Å². The van der Waals surface area contributed by atoms with Gasteiger partial charge in [-0.25, -0.2) is 4.98 Å². The van der Waals surface area contributed by atoms with Crippen LogP contribution < -0.4 is 15.4 Å². The maximum atomic E-state index is 12.1. The molecule has 4 aromatic heterocycles. The molecule has 0 saturated carbocycles. The second-order valence-corrected chi connectivity index (χ2v) is 11.2. The number of nitrogens with two attached hydrogens (primary N) is 1. The average Bonchev–Trinajstić information content (AvgIpc) is 3.85. The van der Waals surface area contributed by atoms with Crippen LogP contribution in [0.3, 0.4) is 0 Å². The molecule has 0 amide bonds. The maximum Gasteiger partial charge on any atom is 0.225 e. The van der Waals surface area contributed by atoms with Crippen molar-refractivity contribution in [2.45, 2.75) is 18.7 Å². The van der Waals surface area contributed by atoms with Crippen molar-refractivity contribution < 1.29 is 19.0 Å². The van der Waals surface area contributed by atoms with Crippen LogP contribution in [-0.4, -0.2) is 92.1 Å². The Hall–Kier alpha value is -4.98. The third kappa shape index (κ3) is 5.24. The van der Waals surface area contributed by atoms with Crippen LogP contribution in [0, 0.1) is 0 Å². The second kappa shape index (κ2) is 11.8. The van der Waals surface area contributed by atoms with Crippen LogP contribution in [0.2, 0.25) is 0 Å². The Morgan fingerprint density at radius 2 is 1.73 bits per heavy atom. The minimum Gasteiger partial charge on any atom is -0.491 e. The lowest BCUT2D eigenvalue weighted by molar-refractivity contribution is -0.0680. The molecule has 0 radical (unpaired) electrons. The van der Waals surface area contributed by atoms with E-state index in [-0.39, 0.29) is 5.95 Å². The van der Waals surface area contributed by atoms with Crippen LogP contribution in [0.1, 0.15) is 12.5 Å². The lowest BCUT2D eigenvalue weighted by atomic mass is 9.89. The highest BCUT2D eigenvalue weighted by Crippen LogP contribution is 2.34. The summed E-state index contributed by atoms with van der Waals surface area (Å²) in [4.78, 5) is 13.6. The third-order valence-electron chi connectivity index (χ3n) is 8.48. The Kier molecular flexibility index (Phi) is 7.57. The predicted octanol–water partition coefficient (Wildman–Crippen LogP) is 3.25. The molecule has 2 atom stereocenters. The van der Waals surface area contributed by atoms with E-state index in [1.807, 2.05) is 55.6 Å². The Morgan fingerprint density at radius 3 is 2.44 bits per heavy atom. The first-order valence-corrected chi connectivity index (χ1v) is 14.9. The molecule has 1 aliphatic rings. The number of aliphatic hydroxyl groups excluding tert-OH is 1. The Balaban J connectivity index is 1.17.